The van der Waals surface area contributed by atoms with Gasteiger partial charge >= 0.3 is 0 Å². The lowest BCUT2D eigenvalue weighted by atomic mass is 10.1. The topological polar surface area (TPSA) is 58.4 Å². The van der Waals surface area contributed by atoms with Crippen LogP contribution in [0, 0.1) is 5.92 Å². The largest absolute Gasteiger partial charge is 0.330 e. The van der Waals surface area contributed by atoms with E-state index in [2.05, 4.69) is 17.1 Å². The second-order valence-electron chi connectivity index (χ2n) is 5.17. The summed E-state index contributed by atoms with van der Waals surface area (Å²) < 4.78 is 0. The van der Waals surface area contributed by atoms with Crippen molar-refractivity contribution in [3.05, 3.63) is 29.3 Å². The molecule has 2 rings (SSSR count). The van der Waals surface area contributed by atoms with Gasteiger partial charge in [-0.25, -0.2) is 0 Å². The van der Waals surface area contributed by atoms with E-state index in [0.29, 0.717) is 30.1 Å². The van der Waals surface area contributed by atoms with Gasteiger partial charge in [0.15, 0.2) is 0 Å². The number of rotatable bonds is 4. The van der Waals surface area contributed by atoms with Crippen LogP contribution in [0.5, 0.6) is 0 Å². The van der Waals surface area contributed by atoms with Crippen LogP contribution < -0.4 is 11.1 Å². The van der Waals surface area contributed by atoms with Crippen LogP contribution >= 0.6 is 11.6 Å². The standard InChI is InChI=1S/C14H20ClN3O/c1-10-5-11(7-16)8-18(10)9-14(19)17-13-4-2-3-12(15)6-13/h2-4,6,10-11H,5,7-9,16H2,1H3,(H,17,19). The Bertz CT molecular complexity index is 452. The summed E-state index contributed by atoms with van der Waals surface area (Å²) >= 11 is 5.88. The van der Waals surface area contributed by atoms with Crippen LogP contribution in [0.25, 0.3) is 0 Å². The van der Waals surface area contributed by atoms with Gasteiger partial charge in [-0.05, 0) is 44.0 Å². The molecule has 1 saturated heterocycles. The molecule has 1 aromatic carbocycles. The van der Waals surface area contributed by atoms with Gasteiger partial charge in [0.1, 0.15) is 0 Å². The fourth-order valence-corrected chi connectivity index (χ4v) is 2.75. The van der Waals surface area contributed by atoms with Crippen LogP contribution in [0.1, 0.15) is 13.3 Å². The van der Waals surface area contributed by atoms with E-state index in [1.807, 2.05) is 12.1 Å². The normalized spacial score (nSPS) is 23.5. The number of likely N-dealkylation sites (tertiary alicyclic amines) is 1. The number of nitrogens with one attached hydrogen (secondary N) is 1. The highest BCUT2D eigenvalue weighted by molar-refractivity contribution is 6.30. The van der Waals surface area contributed by atoms with Crippen molar-refractivity contribution >= 4 is 23.2 Å². The van der Waals surface area contributed by atoms with Crippen LogP contribution in [-0.2, 0) is 4.79 Å². The van der Waals surface area contributed by atoms with Gasteiger partial charge in [0.25, 0.3) is 0 Å². The van der Waals surface area contributed by atoms with Gasteiger partial charge in [-0.3, -0.25) is 9.69 Å². The van der Waals surface area contributed by atoms with E-state index in [-0.39, 0.29) is 5.91 Å². The zero-order valence-corrected chi connectivity index (χ0v) is 11.9. The zero-order valence-electron chi connectivity index (χ0n) is 11.1. The summed E-state index contributed by atoms with van der Waals surface area (Å²) in [5.74, 6) is 0.501. The minimum Gasteiger partial charge on any atom is -0.330 e. The van der Waals surface area contributed by atoms with Crippen LogP contribution in [0.15, 0.2) is 24.3 Å². The maximum atomic E-state index is 12.0. The number of halogens is 1. The van der Waals surface area contributed by atoms with Crippen molar-refractivity contribution in [1.82, 2.24) is 4.90 Å². The molecular formula is C14H20ClN3O. The van der Waals surface area contributed by atoms with E-state index in [9.17, 15) is 4.79 Å². The number of hydrogen-bond donors (Lipinski definition) is 2. The molecule has 0 spiro atoms. The van der Waals surface area contributed by atoms with E-state index in [4.69, 9.17) is 17.3 Å². The lowest BCUT2D eigenvalue weighted by Crippen LogP contribution is -2.36. The van der Waals surface area contributed by atoms with Gasteiger partial charge in [-0.1, -0.05) is 17.7 Å². The van der Waals surface area contributed by atoms with E-state index >= 15 is 0 Å². The predicted molar refractivity (Wildman–Crippen MR) is 78.3 cm³/mol. The quantitative estimate of drug-likeness (QED) is 0.887. The summed E-state index contributed by atoms with van der Waals surface area (Å²) in [6, 6.07) is 7.60. The summed E-state index contributed by atoms with van der Waals surface area (Å²) in [5, 5.41) is 3.49. The SMILES string of the molecule is CC1CC(CN)CN1CC(=O)Nc1cccc(Cl)c1. The van der Waals surface area contributed by atoms with Crippen molar-refractivity contribution in [3.63, 3.8) is 0 Å². The van der Waals surface area contributed by atoms with Gasteiger partial charge in [0.05, 0.1) is 6.54 Å². The predicted octanol–water partition coefficient (Wildman–Crippen LogP) is 1.95. The highest BCUT2D eigenvalue weighted by Crippen LogP contribution is 2.22. The van der Waals surface area contributed by atoms with Crippen molar-refractivity contribution in [3.8, 4) is 0 Å². The lowest BCUT2D eigenvalue weighted by molar-refractivity contribution is -0.117. The molecule has 2 unspecified atom stereocenters. The molecule has 4 nitrogen and oxygen atoms in total. The van der Waals surface area contributed by atoms with Crippen LogP contribution in [0.4, 0.5) is 5.69 Å². The van der Waals surface area contributed by atoms with Crippen LogP contribution in [0.3, 0.4) is 0 Å². The number of carbonyl (C=O) groups excluding carboxylic acids is 1. The van der Waals surface area contributed by atoms with Crippen molar-refractivity contribution in [2.75, 3.05) is 25.0 Å². The van der Waals surface area contributed by atoms with Crippen LogP contribution in [-0.4, -0.2) is 36.5 Å². The number of nitrogens with zero attached hydrogens (tertiary/aromatic N) is 1. The fourth-order valence-electron chi connectivity index (χ4n) is 2.56. The minimum absolute atomic E-state index is 0.00760. The molecule has 5 heteroatoms. The third kappa shape index (κ3) is 3.93. The maximum absolute atomic E-state index is 12.0. The van der Waals surface area contributed by atoms with E-state index in [1.54, 1.807) is 12.1 Å². The van der Waals surface area contributed by atoms with Gasteiger partial charge < -0.3 is 11.1 Å². The van der Waals surface area contributed by atoms with E-state index in [1.165, 1.54) is 0 Å². The Hall–Kier alpha value is -1.10. The number of hydrogen-bond acceptors (Lipinski definition) is 3. The molecule has 19 heavy (non-hydrogen) atoms. The molecule has 1 heterocycles. The molecule has 1 aromatic rings. The monoisotopic (exact) mass is 281 g/mol. The molecule has 1 fully saturated rings. The molecule has 0 radical (unpaired) electrons. The van der Waals surface area contributed by atoms with Gasteiger partial charge in [-0.15, -0.1) is 0 Å². The summed E-state index contributed by atoms with van der Waals surface area (Å²) in [6.07, 6.45) is 1.07. The second-order valence-corrected chi connectivity index (χ2v) is 5.61. The van der Waals surface area contributed by atoms with Gasteiger partial charge in [0, 0.05) is 23.3 Å². The number of benzene rings is 1. The van der Waals surface area contributed by atoms with Crippen molar-refractivity contribution in [2.45, 2.75) is 19.4 Å². The molecule has 1 amide bonds. The smallest absolute Gasteiger partial charge is 0.238 e. The van der Waals surface area contributed by atoms with Crippen molar-refractivity contribution in [2.24, 2.45) is 11.7 Å². The number of anilines is 1. The third-order valence-corrected chi connectivity index (χ3v) is 3.81. The molecule has 0 bridgehead atoms. The Balaban J connectivity index is 1.88. The molecule has 104 valence electrons. The van der Waals surface area contributed by atoms with Crippen molar-refractivity contribution in [1.29, 1.82) is 0 Å². The highest BCUT2D eigenvalue weighted by Gasteiger charge is 2.29. The molecule has 2 atom stereocenters. The Morgan fingerprint density at radius 3 is 3.00 bits per heavy atom. The average molecular weight is 282 g/mol. The first kappa shape index (κ1) is 14.3. The first-order valence-electron chi connectivity index (χ1n) is 6.58. The van der Waals surface area contributed by atoms with Gasteiger partial charge in [0.2, 0.25) is 5.91 Å². The first-order valence-corrected chi connectivity index (χ1v) is 6.96. The Morgan fingerprint density at radius 2 is 2.37 bits per heavy atom. The number of amides is 1. The first-order chi connectivity index (χ1) is 9.08. The van der Waals surface area contributed by atoms with E-state index < -0.39 is 0 Å². The number of carbonyl (C=O) groups is 1. The molecule has 1 aliphatic heterocycles. The second kappa shape index (κ2) is 6.37. The van der Waals surface area contributed by atoms with E-state index in [0.717, 1.165) is 18.7 Å². The molecule has 0 saturated carbocycles. The number of nitrogens with two attached hydrogens (primary N) is 1. The Kier molecular flexibility index (Phi) is 4.80. The van der Waals surface area contributed by atoms with Gasteiger partial charge in [-0.2, -0.15) is 0 Å². The molecule has 0 aliphatic carbocycles. The third-order valence-electron chi connectivity index (χ3n) is 3.58. The molecular weight excluding hydrogens is 262 g/mol. The summed E-state index contributed by atoms with van der Waals surface area (Å²) in [7, 11) is 0. The maximum Gasteiger partial charge on any atom is 0.238 e. The molecule has 1 aliphatic rings. The lowest BCUT2D eigenvalue weighted by Gasteiger charge is -2.20. The Labute approximate surface area is 118 Å². The molecule has 0 aromatic heterocycles. The zero-order chi connectivity index (χ0) is 13.8. The average Bonchev–Trinajstić information content (AvgIpc) is 2.70. The highest BCUT2D eigenvalue weighted by atomic mass is 35.5. The van der Waals surface area contributed by atoms with Crippen LogP contribution in [0.2, 0.25) is 5.02 Å². The fraction of sp³-hybridized carbons (Fsp3) is 0.500. The summed E-state index contributed by atoms with van der Waals surface area (Å²) in [5.41, 5.74) is 6.42. The Morgan fingerprint density at radius 1 is 1.58 bits per heavy atom. The minimum atomic E-state index is -0.00760. The molecule has 3 N–H and O–H groups in total. The summed E-state index contributed by atoms with van der Waals surface area (Å²) in [4.78, 5) is 14.2. The van der Waals surface area contributed by atoms with Crippen molar-refractivity contribution < 1.29 is 4.79 Å². The summed E-state index contributed by atoms with van der Waals surface area (Å²) in [6.45, 7) is 4.14.